The van der Waals surface area contributed by atoms with E-state index in [9.17, 15) is 9.59 Å². The van der Waals surface area contributed by atoms with Crippen LogP contribution in [0.3, 0.4) is 0 Å². The van der Waals surface area contributed by atoms with Crippen LogP contribution in [0.1, 0.15) is 23.0 Å². The maximum Gasteiger partial charge on any atom is 0.409 e. The van der Waals surface area contributed by atoms with Gasteiger partial charge in [0.2, 0.25) is 0 Å². The molecule has 1 aliphatic rings. The lowest BCUT2D eigenvalue weighted by molar-refractivity contribution is 0.0570. The monoisotopic (exact) mass is 359 g/mol. The molecule has 1 N–H and O–H groups in total. The fourth-order valence-electron chi connectivity index (χ4n) is 2.69. The minimum absolute atomic E-state index is 0.124. The Morgan fingerprint density at radius 3 is 2.58 bits per heavy atom. The van der Waals surface area contributed by atoms with Crippen LogP contribution in [-0.2, 0) is 4.74 Å². The molecule has 3 heterocycles. The Hall–Kier alpha value is -3.10. The van der Waals surface area contributed by atoms with Crippen LogP contribution in [0, 0.1) is 6.92 Å². The first-order valence-electron chi connectivity index (χ1n) is 8.43. The third-order valence-corrected chi connectivity index (χ3v) is 3.98. The first-order chi connectivity index (χ1) is 12.6. The second kappa shape index (κ2) is 7.85. The van der Waals surface area contributed by atoms with Crippen molar-refractivity contribution in [2.24, 2.45) is 0 Å². The average Bonchev–Trinajstić information content (AvgIpc) is 3.06. The number of hydrogen-bond acceptors (Lipinski definition) is 7. The molecule has 0 aromatic carbocycles. The SMILES string of the molecule is CCOC(=O)N1CCN(C(=O)c2cncc(Nc3cc(C)on3)c2)CC1. The van der Waals surface area contributed by atoms with Crippen molar-refractivity contribution in [1.82, 2.24) is 19.9 Å². The quantitative estimate of drug-likeness (QED) is 0.891. The first-order valence-corrected chi connectivity index (χ1v) is 8.43. The molecule has 0 radical (unpaired) electrons. The molecule has 1 saturated heterocycles. The fourth-order valence-corrected chi connectivity index (χ4v) is 2.69. The number of hydrogen-bond donors (Lipinski definition) is 1. The highest BCUT2D eigenvalue weighted by molar-refractivity contribution is 5.95. The summed E-state index contributed by atoms with van der Waals surface area (Å²) in [4.78, 5) is 31.9. The van der Waals surface area contributed by atoms with E-state index in [-0.39, 0.29) is 12.0 Å². The number of ether oxygens (including phenoxy) is 1. The van der Waals surface area contributed by atoms with Gasteiger partial charge in [0.15, 0.2) is 5.82 Å². The smallest absolute Gasteiger partial charge is 0.409 e. The van der Waals surface area contributed by atoms with Gasteiger partial charge < -0.3 is 24.4 Å². The van der Waals surface area contributed by atoms with Gasteiger partial charge in [-0.3, -0.25) is 9.78 Å². The van der Waals surface area contributed by atoms with E-state index in [2.05, 4.69) is 15.5 Å². The Labute approximate surface area is 150 Å². The summed E-state index contributed by atoms with van der Waals surface area (Å²) in [5, 5.41) is 6.91. The number of rotatable bonds is 4. The number of nitrogens with one attached hydrogen (secondary N) is 1. The number of carbonyl (C=O) groups is 2. The zero-order valence-electron chi connectivity index (χ0n) is 14.8. The average molecular weight is 359 g/mol. The molecule has 138 valence electrons. The van der Waals surface area contributed by atoms with Gasteiger partial charge in [0, 0.05) is 38.4 Å². The largest absolute Gasteiger partial charge is 0.450 e. The predicted molar refractivity (Wildman–Crippen MR) is 93.3 cm³/mol. The van der Waals surface area contributed by atoms with Crippen LogP contribution in [0.4, 0.5) is 16.3 Å². The van der Waals surface area contributed by atoms with Crippen molar-refractivity contribution in [2.45, 2.75) is 13.8 Å². The van der Waals surface area contributed by atoms with Crippen LogP contribution >= 0.6 is 0 Å². The van der Waals surface area contributed by atoms with Crippen LogP contribution in [0.25, 0.3) is 0 Å². The van der Waals surface area contributed by atoms with Crippen molar-refractivity contribution < 1.29 is 18.8 Å². The molecule has 2 amide bonds. The molecule has 0 spiro atoms. The Kier molecular flexibility index (Phi) is 5.35. The van der Waals surface area contributed by atoms with Gasteiger partial charge in [0.1, 0.15) is 5.76 Å². The molecule has 0 bridgehead atoms. The molecule has 1 fully saturated rings. The molecule has 2 aromatic heterocycles. The van der Waals surface area contributed by atoms with Crippen molar-refractivity contribution in [3.8, 4) is 0 Å². The molecular weight excluding hydrogens is 338 g/mol. The van der Waals surface area contributed by atoms with E-state index in [4.69, 9.17) is 9.26 Å². The highest BCUT2D eigenvalue weighted by Gasteiger charge is 2.25. The highest BCUT2D eigenvalue weighted by atomic mass is 16.6. The maximum absolute atomic E-state index is 12.7. The topological polar surface area (TPSA) is 101 Å². The summed E-state index contributed by atoms with van der Waals surface area (Å²) in [6.07, 6.45) is 2.80. The minimum Gasteiger partial charge on any atom is -0.450 e. The minimum atomic E-state index is -0.338. The van der Waals surface area contributed by atoms with Crippen molar-refractivity contribution in [2.75, 3.05) is 38.1 Å². The number of aromatic nitrogens is 2. The summed E-state index contributed by atoms with van der Waals surface area (Å²) in [5.74, 6) is 1.12. The lowest BCUT2D eigenvalue weighted by atomic mass is 10.2. The molecule has 2 aromatic rings. The summed E-state index contributed by atoms with van der Waals surface area (Å²) in [5.41, 5.74) is 1.12. The van der Waals surface area contributed by atoms with Gasteiger partial charge in [-0.05, 0) is 19.9 Å². The van der Waals surface area contributed by atoms with E-state index in [1.165, 1.54) is 6.20 Å². The van der Waals surface area contributed by atoms with Gasteiger partial charge in [0.25, 0.3) is 5.91 Å². The van der Waals surface area contributed by atoms with Crippen LogP contribution < -0.4 is 5.32 Å². The summed E-state index contributed by atoms with van der Waals surface area (Å²) >= 11 is 0. The van der Waals surface area contributed by atoms with E-state index in [1.54, 1.807) is 42.0 Å². The molecule has 0 unspecified atom stereocenters. The predicted octanol–water partition coefficient (Wildman–Crippen LogP) is 2.04. The van der Waals surface area contributed by atoms with Gasteiger partial charge in [-0.1, -0.05) is 5.16 Å². The lowest BCUT2D eigenvalue weighted by Gasteiger charge is -2.34. The van der Waals surface area contributed by atoms with Gasteiger partial charge in [-0.25, -0.2) is 4.79 Å². The third kappa shape index (κ3) is 4.11. The van der Waals surface area contributed by atoms with Crippen LogP contribution in [0.2, 0.25) is 0 Å². The van der Waals surface area contributed by atoms with E-state index in [1.807, 2.05) is 0 Å². The van der Waals surface area contributed by atoms with Gasteiger partial charge in [0.05, 0.1) is 24.1 Å². The number of amides is 2. The second-order valence-electron chi connectivity index (χ2n) is 5.89. The number of aryl methyl sites for hydroxylation is 1. The standard InChI is InChI=1S/C17H21N5O4/c1-3-25-17(24)22-6-4-21(5-7-22)16(23)13-9-14(11-18-10-13)19-15-8-12(2)26-20-15/h8-11H,3-7H2,1-2H3,(H,19,20). The molecule has 0 atom stereocenters. The van der Waals surface area contributed by atoms with Crippen LogP contribution in [0.5, 0.6) is 0 Å². The van der Waals surface area contributed by atoms with Crippen molar-refractivity contribution in [3.05, 3.63) is 35.9 Å². The molecule has 9 heteroatoms. The lowest BCUT2D eigenvalue weighted by Crippen LogP contribution is -2.50. The summed E-state index contributed by atoms with van der Waals surface area (Å²) < 4.78 is 9.99. The number of carbonyl (C=O) groups excluding carboxylic acids is 2. The van der Waals surface area contributed by atoms with Crippen molar-refractivity contribution >= 4 is 23.5 Å². The molecular formula is C17H21N5O4. The van der Waals surface area contributed by atoms with Crippen molar-refractivity contribution in [3.63, 3.8) is 0 Å². The Bertz CT molecular complexity index is 783. The van der Waals surface area contributed by atoms with Crippen LogP contribution in [-0.4, -0.2) is 64.7 Å². The van der Waals surface area contributed by atoms with Gasteiger partial charge >= 0.3 is 6.09 Å². The highest BCUT2D eigenvalue weighted by Crippen LogP contribution is 2.18. The molecule has 1 aliphatic heterocycles. The Morgan fingerprint density at radius 1 is 1.19 bits per heavy atom. The Balaban J connectivity index is 1.61. The summed E-state index contributed by atoms with van der Waals surface area (Å²) in [6.45, 7) is 5.73. The first kappa shape index (κ1) is 17.7. The van der Waals surface area contributed by atoms with E-state index >= 15 is 0 Å². The second-order valence-corrected chi connectivity index (χ2v) is 5.89. The number of piperazine rings is 1. The Morgan fingerprint density at radius 2 is 1.92 bits per heavy atom. The number of pyridine rings is 1. The molecule has 3 rings (SSSR count). The molecule has 9 nitrogen and oxygen atoms in total. The molecule has 0 aliphatic carbocycles. The zero-order valence-corrected chi connectivity index (χ0v) is 14.8. The number of anilines is 2. The third-order valence-electron chi connectivity index (χ3n) is 3.98. The number of nitrogens with zero attached hydrogens (tertiary/aromatic N) is 4. The zero-order chi connectivity index (χ0) is 18.5. The molecule has 0 saturated carbocycles. The van der Waals surface area contributed by atoms with Gasteiger partial charge in [-0.15, -0.1) is 0 Å². The molecule has 26 heavy (non-hydrogen) atoms. The van der Waals surface area contributed by atoms with Gasteiger partial charge in [-0.2, -0.15) is 0 Å². The fraction of sp³-hybridized carbons (Fsp3) is 0.412. The summed E-state index contributed by atoms with van der Waals surface area (Å²) in [6, 6.07) is 3.47. The van der Waals surface area contributed by atoms with Crippen LogP contribution in [0.15, 0.2) is 29.0 Å². The van der Waals surface area contributed by atoms with E-state index in [0.717, 1.165) is 0 Å². The van der Waals surface area contributed by atoms with E-state index in [0.29, 0.717) is 55.6 Å². The van der Waals surface area contributed by atoms with E-state index < -0.39 is 0 Å². The maximum atomic E-state index is 12.7. The normalized spacial score (nSPS) is 14.2. The van der Waals surface area contributed by atoms with Crippen molar-refractivity contribution in [1.29, 1.82) is 0 Å². The summed E-state index contributed by atoms with van der Waals surface area (Å²) in [7, 11) is 0.